The van der Waals surface area contributed by atoms with E-state index in [1.807, 2.05) is 36.9 Å². The van der Waals surface area contributed by atoms with Gasteiger partial charge in [-0.3, -0.25) is 4.79 Å². The van der Waals surface area contributed by atoms with Gasteiger partial charge in [0.05, 0.1) is 12.6 Å². The molecule has 0 saturated carbocycles. The summed E-state index contributed by atoms with van der Waals surface area (Å²) >= 11 is 5.94. The Morgan fingerprint density at radius 3 is 3.00 bits per heavy atom. The van der Waals surface area contributed by atoms with E-state index < -0.39 is 6.04 Å². The summed E-state index contributed by atoms with van der Waals surface area (Å²) < 4.78 is 5.88. The molecule has 0 aliphatic carbocycles. The van der Waals surface area contributed by atoms with Crippen LogP contribution < -0.4 is 10.5 Å². The Morgan fingerprint density at radius 1 is 1.57 bits per heavy atom. The number of benzene rings is 1. The van der Waals surface area contributed by atoms with Crippen molar-refractivity contribution in [2.24, 2.45) is 11.7 Å². The quantitative estimate of drug-likeness (QED) is 0.909. The molecule has 5 heteroatoms. The summed E-state index contributed by atoms with van der Waals surface area (Å²) in [7, 11) is 0. The van der Waals surface area contributed by atoms with E-state index in [4.69, 9.17) is 22.1 Å². The predicted molar refractivity (Wildman–Crippen MR) is 84.5 cm³/mol. The standard InChI is InChI=1S/C16H23ClN2O2/c1-3-11(2)15(18)16(20)19-8-7-14(10-19)21-13-6-4-5-12(17)9-13/h4-6,9,11,14-15H,3,7-8,10,18H2,1-2H3. The topological polar surface area (TPSA) is 55.6 Å². The van der Waals surface area contributed by atoms with Gasteiger partial charge >= 0.3 is 0 Å². The second-order valence-corrected chi connectivity index (χ2v) is 6.12. The maximum Gasteiger partial charge on any atom is 0.239 e. The molecule has 1 amide bonds. The van der Waals surface area contributed by atoms with Crippen molar-refractivity contribution in [3.8, 4) is 5.75 Å². The maximum atomic E-state index is 12.3. The second kappa shape index (κ2) is 7.14. The third-order valence-electron chi connectivity index (χ3n) is 4.10. The summed E-state index contributed by atoms with van der Waals surface area (Å²) in [4.78, 5) is 14.1. The van der Waals surface area contributed by atoms with Crippen molar-refractivity contribution >= 4 is 17.5 Å². The first kappa shape index (κ1) is 16.1. The number of rotatable bonds is 5. The smallest absolute Gasteiger partial charge is 0.239 e. The molecular formula is C16H23ClN2O2. The number of halogens is 1. The minimum atomic E-state index is -0.417. The van der Waals surface area contributed by atoms with Crippen molar-refractivity contribution in [2.45, 2.75) is 38.8 Å². The van der Waals surface area contributed by atoms with Gasteiger partial charge in [0.15, 0.2) is 0 Å². The van der Waals surface area contributed by atoms with E-state index in [1.54, 1.807) is 6.07 Å². The molecule has 21 heavy (non-hydrogen) atoms. The molecule has 1 aromatic rings. The summed E-state index contributed by atoms with van der Waals surface area (Å²) in [5.74, 6) is 0.972. The molecule has 1 aromatic carbocycles. The van der Waals surface area contributed by atoms with E-state index in [0.29, 0.717) is 18.1 Å². The molecule has 0 aromatic heterocycles. The fraction of sp³-hybridized carbons (Fsp3) is 0.562. The molecule has 0 spiro atoms. The van der Waals surface area contributed by atoms with Crippen molar-refractivity contribution in [3.63, 3.8) is 0 Å². The highest BCUT2D eigenvalue weighted by atomic mass is 35.5. The Bertz CT molecular complexity index is 495. The van der Waals surface area contributed by atoms with Crippen LogP contribution in [0.2, 0.25) is 5.02 Å². The average Bonchev–Trinajstić information content (AvgIpc) is 2.93. The Hall–Kier alpha value is -1.26. The van der Waals surface area contributed by atoms with Crippen LogP contribution in [-0.4, -0.2) is 36.0 Å². The number of hydrogen-bond donors (Lipinski definition) is 1. The van der Waals surface area contributed by atoms with Crippen LogP contribution in [0.4, 0.5) is 0 Å². The van der Waals surface area contributed by atoms with Gasteiger partial charge in [-0.2, -0.15) is 0 Å². The van der Waals surface area contributed by atoms with Crippen LogP contribution in [0.15, 0.2) is 24.3 Å². The van der Waals surface area contributed by atoms with Gasteiger partial charge in [0.2, 0.25) is 5.91 Å². The highest BCUT2D eigenvalue weighted by molar-refractivity contribution is 6.30. The molecular weight excluding hydrogens is 288 g/mol. The van der Waals surface area contributed by atoms with E-state index in [-0.39, 0.29) is 17.9 Å². The molecule has 3 unspecified atom stereocenters. The second-order valence-electron chi connectivity index (χ2n) is 5.68. The van der Waals surface area contributed by atoms with Gasteiger partial charge in [0.25, 0.3) is 0 Å². The van der Waals surface area contributed by atoms with E-state index >= 15 is 0 Å². The monoisotopic (exact) mass is 310 g/mol. The third-order valence-corrected chi connectivity index (χ3v) is 4.33. The molecule has 1 fully saturated rings. The predicted octanol–water partition coefficient (Wildman–Crippen LogP) is 2.69. The van der Waals surface area contributed by atoms with Gasteiger partial charge < -0.3 is 15.4 Å². The molecule has 1 heterocycles. The lowest BCUT2D eigenvalue weighted by Crippen LogP contribution is -2.46. The van der Waals surface area contributed by atoms with Crippen LogP contribution in [0.5, 0.6) is 5.75 Å². The number of amides is 1. The molecule has 3 atom stereocenters. The summed E-state index contributed by atoms with van der Waals surface area (Å²) in [6.07, 6.45) is 1.74. The summed E-state index contributed by atoms with van der Waals surface area (Å²) in [6.45, 7) is 5.36. The lowest BCUT2D eigenvalue weighted by Gasteiger charge is -2.24. The number of likely N-dealkylation sites (tertiary alicyclic amines) is 1. The summed E-state index contributed by atoms with van der Waals surface area (Å²) in [5, 5.41) is 0.650. The van der Waals surface area contributed by atoms with Crippen molar-refractivity contribution in [2.75, 3.05) is 13.1 Å². The lowest BCUT2D eigenvalue weighted by atomic mass is 9.99. The first-order valence-electron chi connectivity index (χ1n) is 7.47. The number of nitrogens with two attached hydrogens (primary N) is 1. The first-order chi connectivity index (χ1) is 10.0. The number of ether oxygens (including phenoxy) is 1. The molecule has 1 aliphatic rings. The van der Waals surface area contributed by atoms with E-state index in [0.717, 1.165) is 18.6 Å². The number of carbonyl (C=O) groups is 1. The van der Waals surface area contributed by atoms with E-state index in [9.17, 15) is 4.79 Å². The molecule has 0 radical (unpaired) electrons. The fourth-order valence-electron chi connectivity index (χ4n) is 2.47. The number of nitrogens with zero attached hydrogens (tertiary/aromatic N) is 1. The highest BCUT2D eigenvalue weighted by Crippen LogP contribution is 2.22. The number of hydrogen-bond acceptors (Lipinski definition) is 3. The zero-order valence-electron chi connectivity index (χ0n) is 12.6. The normalized spacial score (nSPS) is 21.1. The lowest BCUT2D eigenvalue weighted by molar-refractivity contribution is -0.132. The third kappa shape index (κ3) is 4.11. The number of carbonyl (C=O) groups excluding carboxylic acids is 1. The van der Waals surface area contributed by atoms with Crippen molar-refractivity contribution < 1.29 is 9.53 Å². The zero-order chi connectivity index (χ0) is 15.4. The van der Waals surface area contributed by atoms with Gasteiger partial charge in [0, 0.05) is 18.0 Å². The van der Waals surface area contributed by atoms with Gasteiger partial charge in [-0.15, -0.1) is 0 Å². The fourth-order valence-corrected chi connectivity index (χ4v) is 2.65. The van der Waals surface area contributed by atoms with Crippen LogP contribution >= 0.6 is 11.6 Å². The van der Waals surface area contributed by atoms with E-state index in [2.05, 4.69) is 0 Å². The minimum Gasteiger partial charge on any atom is -0.488 e. The van der Waals surface area contributed by atoms with Crippen LogP contribution in [0, 0.1) is 5.92 Å². The average molecular weight is 311 g/mol. The van der Waals surface area contributed by atoms with Gasteiger partial charge in [-0.05, 0) is 24.1 Å². The van der Waals surface area contributed by atoms with Crippen LogP contribution in [0.3, 0.4) is 0 Å². The summed E-state index contributed by atoms with van der Waals surface area (Å²) in [6, 6.07) is 6.91. The molecule has 2 rings (SSSR count). The molecule has 116 valence electrons. The molecule has 1 aliphatic heterocycles. The largest absolute Gasteiger partial charge is 0.488 e. The Kier molecular flexibility index (Phi) is 5.48. The van der Waals surface area contributed by atoms with Crippen molar-refractivity contribution in [1.29, 1.82) is 0 Å². The molecule has 2 N–H and O–H groups in total. The van der Waals surface area contributed by atoms with Crippen molar-refractivity contribution in [3.05, 3.63) is 29.3 Å². The van der Waals surface area contributed by atoms with Gasteiger partial charge in [-0.25, -0.2) is 0 Å². The molecule has 1 saturated heterocycles. The molecule has 0 bridgehead atoms. The van der Waals surface area contributed by atoms with Gasteiger partial charge in [-0.1, -0.05) is 37.9 Å². The summed E-state index contributed by atoms with van der Waals surface area (Å²) in [5.41, 5.74) is 6.02. The van der Waals surface area contributed by atoms with E-state index in [1.165, 1.54) is 0 Å². The Balaban J connectivity index is 1.90. The maximum absolute atomic E-state index is 12.3. The van der Waals surface area contributed by atoms with Crippen LogP contribution in [0.25, 0.3) is 0 Å². The SMILES string of the molecule is CCC(C)C(N)C(=O)N1CCC(Oc2cccc(Cl)c2)C1. The van der Waals surface area contributed by atoms with Crippen LogP contribution in [0.1, 0.15) is 26.7 Å². The minimum absolute atomic E-state index is 0.0107. The van der Waals surface area contributed by atoms with Gasteiger partial charge in [0.1, 0.15) is 11.9 Å². The molecule has 4 nitrogen and oxygen atoms in total. The van der Waals surface area contributed by atoms with Crippen LogP contribution in [-0.2, 0) is 4.79 Å². The van der Waals surface area contributed by atoms with Crippen molar-refractivity contribution in [1.82, 2.24) is 4.90 Å². The first-order valence-corrected chi connectivity index (χ1v) is 7.85. The highest BCUT2D eigenvalue weighted by Gasteiger charge is 2.32. The zero-order valence-corrected chi connectivity index (χ0v) is 13.3. The Labute approximate surface area is 131 Å². The Morgan fingerprint density at radius 2 is 2.33 bits per heavy atom.